The average molecular weight is 426 g/mol. The monoisotopic (exact) mass is 426 g/mol. The molecule has 3 rings (SSSR count). The van der Waals surface area contributed by atoms with Crippen LogP contribution in [0.15, 0.2) is 47.4 Å². The minimum atomic E-state index is -0.358. The van der Waals surface area contributed by atoms with Crippen molar-refractivity contribution < 1.29 is 23.9 Å². The van der Waals surface area contributed by atoms with Crippen molar-refractivity contribution in [3.63, 3.8) is 0 Å². The fourth-order valence-corrected chi connectivity index (χ4v) is 3.69. The van der Waals surface area contributed by atoms with E-state index in [4.69, 9.17) is 9.47 Å². The second-order valence-electron chi connectivity index (χ2n) is 6.60. The molecule has 0 spiro atoms. The number of carbonyl (C=O) groups is 3. The first-order valence-corrected chi connectivity index (χ1v) is 10.1. The van der Waals surface area contributed by atoms with E-state index in [-0.39, 0.29) is 30.1 Å². The Morgan fingerprint density at radius 2 is 1.70 bits per heavy atom. The van der Waals surface area contributed by atoms with E-state index < -0.39 is 0 Å². The van der Waals surface area contributed by atoms with Crippen molar-refractivity contribution in [2.75, 3.05) is 27.3 Å². The van der Waals surface area contributed by atoms with Gasteiger partial charge in [-0.1, -0.05) is 29.8 Å². The number of ether oxygens (including phenoxy) is 2. The predicted octanol–water partition coefficient (Wildman–Crippen LogP) is 3.48. The first-order valence-electron chi connectivity index (χ1n) is 9.24. The van der Waals surface area contributed by atoms with Crippen LogP contribution in [0.5, 0.6) is 11.5 Å². The number of nitrogens with one attached hydrogen (secondary N) is 1. The normalized spacial score (nSPS) is 14.9. The topological polar surface area (TPSA) is 84.9 Å². The van der Waals surface area contributed by atoms with Crippen LogP contribution >= 0.6 is 11.8 Å². The summed E-state index contributed by atoms with van der Waals surface area (Å²) in [7, 11) is 3.00. The Hall–Kier alpha value is -3.26. The molecule has 1 saturated heterocycles. The van der Waals surface area contributed by atoms with Gasteiger partial charge in [0.15, 0.2) is 0 Å². The van der Waals surface area contributed by atoms with Crippen molar-refractivity contribution in [2.45, 2.75) is 6.92 Å². The van der Waals surface area contributed by atoms with Gasteiger partial charge in [-0.05, 0) is 42.5 Å². The van der Waals surface area contributed by atoms with Crippen LogP contribution in [-0.2, 0) is 4.79 Å². The minimum absolute atomic E-state index is 0.0861. The second-order valence-corrected chi connectivity index (χ2v) is 7.59. The summed E-state index contributed by atoms with van der Waals surface area (Å²) in [5.74, 6) is 0.274. The first-order chi connectivity index (χ1) is 14.4. The first kappa shape index (κ1) is 21.4. The van der Waals surface area contributed by atoms with Gasteiger partial charge in [0.05, 0.1) is 19.1 Å². The maximum atomic E-state index is 12.6. The Bertz CT molecular complexity index is 979. The molecule has 7 nitrogen and oxygen atoms in total. The molecule has 0 saturated carbocycles. The van der Waals surface area contributed by atoms with Crippen molar-refractivity contribution in [1.29, 1.82) is 0 Å². The number of aryl methyl sites for hydroxylation is 1. The third kappa shape index (κ3) is 5.01. The number of amides is 3. The minimum Gasteiger partial charge on any atom is -0.497 e. The van der Waals surface area contributed by atoms with Crippen LogP contribution in [0, 0.1) is 6.92 Å². The van der Waals surface area contributed by atoms with Crippen molar-refractivity contribution in [2.24, 2.45) is 0 Å². The molecule has 0 radical (unpaired) electrons. The van der Waals surface area contributed by atoms with E-state index in [0.29, 0.717) is 22.0 Å². The zero-order valence-electron chi connectivity index (χ0n) is 16.9. The van der Waals surface area contributed by atoms with Crippen LogP contribution in [-0.4, -0.2) is 49.3 Å². The van der Waals surface area contributed by atoms with E-state index in [1.165, 1.54) is 14.2 Å². The third-order valence-electron chi connectivity index (χ3n) is 4.48. The van der Waals surface area contributed by atoms with E-state index in [1.54, 1.807) is 24.3 Å². The summed E-state index contributed by atoms with van der Waals surface area (Å²) < 4.78 is 10.3. The summed E-state index contributed by atoms with van der Waals surface area (Å²) in [6.07, 6.45) is 1.70. The molecule has 1 aliphatic heterocycles. The molecule has 1 N–H and O–H groups in total. The van der Waals surface area contributed by atoms with Crippen LogP contribution in [0.2, 0.25) is 0 Å². The number of thioether (sulfide) groups is 1. The maximum absolute atomic E-state index is 12.6. The lowest BCUT2D eigenvalue weighted by Crippen LogP contribution is -2.37. The van der Waals surface area contributed by atoms with Gasteiger partial charge >= 0.3 is 0 Å². The molecule has 1 fully saturated rings. The number of imide groups is 1. The molecule has 30 heavy (non-hydrogen) atoms. The zero-order valence-corrected chi connectivity index (χ0v) is 17.7. The summed E-state index contributed by atoms with van der Waals surface area (Å²) >= 11 is 0.899. The molecule has 0 bridgehead atoms. The number of nitrogens with zero attached hydrogens (tertiary/aromatic N) is 1. The molecular weight excluding hydrogens is 404 g/mol. The van der Waals surface area contributed by atoms with Crippen LogP contribution < -0.4 is 14.8 Å². The van der Waals surface area contributed by atoms with Gasteiger partial charge in [-0.15, -0.1) is 0 Å². The van der Waals surface area contributed by atoms with Crippen molar-refractivity contribution in [3.8, 4) is 11.5 Å². The number of hydrogen-bond donors (Lipinski definition) is 1. The van der Waals surface area contributed by atoms with Crippen LogP contribution in [0.25, 0.3) is 6.08 Å². The Labute approximate surface area is 179 Å². The molecule has 1 aliphatic rings. The molecule has 156 valence electrons. The molecule has 0 aliphatic carbocycles. The Balaban J connectivity index is 1.61. The van der Waals surface area contributed by atoms with Crippen molar-refractivity contribution in [1.82, 2.24) is 10.2 Å². The predicted molar refractivity (Wildman–Crippen MR) is 116 cm³/mol. The lowest BCUT2D eigenvalue weighted by Gasteiger charge is -2.13. The van der Waals surface area contributed by atoms with Gasteiger partial charge in [-0.25, -0.2) is 0 Å². The highest BCUT2D eigenvalue weighted by molar-refractivity contribution is 8.18. The highest BCUT2D eigenvalue weighted by atomic mass is 32.2. The molecule has 0 aromatic heterocycles. The van der Waals surface area contributed by atoms with E-state index in [0.717, 1.165) is 27.8 Å². The Morgan fingerprint density at radius 3 is 2.30 bits per heavy atom. The van der Waals surface area contributed by atoms with Crippen molar-refractivity contribution in [3.05, 3.63) is 64.1 Å². The number of rotatable bonds is 7. The van der Waals surface area contributed by atoms with E-state index in [2.05, 4.69) is 5.32 Å². The largest absolute Gasteiger partial charge is 0.497 e. The molecule has 1 heterocycles. The van der Waals surface area contributed by atoms with E-state index >= 15 is 0 Å². The summed E-state index contributed by atoms with van der Waals surface area (Å²) in [5.41, 5.74) is 2.33. The lowest BCUT2D eigenvalue weighted by atomic mass is 10.1. The standard InChI is InChI=1S/C22H22N2O5S/c1-14-4-6-15(7-5-14)10-19-21(26)24(22(27)30-19)9-8-23-20(25)16-11-17(28-2)13-18(12-16)29-3/h4-7,10-13H,8-9H2,1-3H3,(H,23,25). The fraction of sp³-hybridized carbons (Fsp3) is 0.227. The van der Waals surface area contributed by atoms with Gasteiger partial charge in [0.1, 0.15) is 11.5 Å². The van der Waals surface area contributed by atoms with Gasteiger partial charge in [-0.3, -0.25) is 19.3 Å². The van der Waals surface area contributed by atoms with Crippen LogP contribution in [0.3, 0.4) is 0 Å². The van der Waals surface area contributed by atoms with Gasteiger partial charge in [0.25, 0.3) is 17.1 Å². The Morgan fingerprint density at radius 1 is 1.07 bits per heavy atom. The van der Waals surface area contributed by atoms with Gasteiger partial charge < -0.3 is 14.8 Å². The van der Waals surface area contributed by atoms with Crippen molar-refractivity contribution >= 4 is 34.9 Å². The van der Waals surface area contributed by atoms with Crippen LogP contribution in [0.4, 0.5) is 4.79 Å². The number of hydrogen-bond acceptors (Lipinski definition) is 6. The summed E-state index contributed by atoms with van der Waals surface area (Å²) in [4.78, 5) is 38.7. The quantitative estimate of drug-likeness (QED) is 0.683. The molecule has 8 heteroatoms. The molecule has 2 aromatic rings. The summed E-state index contributed by atoms with van der Waals surface area (Å²) in [5, 5.41) is 2.36. The number of benzene rings is 2. The maximum Gasteiger partial charge on any atom is 0.293 e. The molecule has 0 atom stereocenters. The van der Waals surface area contributed by atoms with E-state index in [1.807, 2.05) is 31.2 Å². The van der Waals surface area contributed by atoms with Gasteiger partial charge in [0.2, 0.25) is 0 Å². The smallest absolute Gasteiger partial charge is 0.293 e. The molecule has 3 amide bonds. The van der Waals surface area contributed by atoms with E-state index in [9.17, 15) is 14.4 Å². The number of methoxy groups -OCH3 is 2. The zero-order chi connectivity index (χ0) is 21.7. The number of carbonyl (C=O) groups excluding carboxylic acids is 3. The highest BCUT2D eigenvalue weighted by Crippen LogP contribution is 2.32. The fourth-order valence-electron chi connectivity index (χ4n) is 2.83. The second kappa shape index (κ2) is 9.49. The Kier molecular flexibility index (Phi) is 6.79. The highest BCUT2D eigenvalue weighted by Gasteiger charge is 2.34. The average Bonchev–Trinajstić information content (AvgIpc) is 3.02. The molecular formula is C22H22N2O5S. The summed E-state index contributed by atoms with van der Waals surface area (Å²) in [6.45, 7) is 2.20. The third-order valence-corrected chi connectivity index (χ3v) is 5.39. The van der Waals surface area contributed by atoms with Gasteiger partial charge in [-0.2, -0.15) is 0 Å². The van der Waals surface area contributed by atoms with Crippen LogP contribution in [0.1, 0.15) is 21.5 Å². The lowest BCUT2D eigenvalue weighted by molar-refractivity contribution is -0.122. The van der Waals surface area contributed by atoms with Gasteiger partial charge in [0, 0.05) is 24.7 Å². The molecule has 0 unspecified atom stereocenters. The SMILES string of the molecule is COc1cc(OC)cc(C(=O)NCCN2C(=O)SC(=Cc3ccc(C)cc3)C2=O)c1. The summed E-state index contributed by atoms with van der Waals surface area (Å²) in [6, 6.07) is 12.5. The molecule has 2 aromatic carbocycles.